The van der Waals surface area contributed by atoms with E-state index in [1.165, 1.54) is 0 Å². The molecule has 0 spiro atoms. The van der Waals surface area contributed by atoms with Crippen LogP contribution in [0.3, 0.4) is 0 Å². The lowest BCUT2D eigenvalue weighted by Crippen LogP contribution is -2.28. The third-order valence-electron chi connectivity index (χ3n) is 1.15. The van der Waals surface area contributed by atoms with Crippen LogP contribution in [0.5, 0.6) is 0 Å². The Hall–Kier alpha value is 1.34. The molecule has 1 heterocycles. The molecule has 0 aromatic carbocycles. The summed E-state index contributed by atoms with van der Waals surface area (Å²) in [5.74, 6) is 0. The fourth-order valence-electron chi connectivity index (χ4n) is 0.595. The molecule has 4 atom stereocenters. The van der Waals surface area contributed by atoms with Crippen molar-refractivity contribution in [2.45, 2.75) is 20.4 Å². The first-order chi connectivity index (χ1) is 4.13. The maximum absolute atomic E-state index is 9.05. The van der Waals surface area contributed by atoms with E-state index in [0.29, 0.717) is 0 Å². The molecule has 0 aromatic heterocycles. The largest absolute Gasteiger partial charge is 0.387 e. The molecule has 1 rings (SSSR count). The zero-order valence-electron chi connectivity index (χ0n) is 4.37. The van der Waals surface area contributed by atoms with Crippen molar-refractivity contribution < 1.29 is 14.9 Å². The van der Waals surface area contributed by atoms with Crippen LogP contribution in [0.15, 0.2) is 0 Å². The molecule has 0 bridgehead atoms. The molecular weight excluding hydrogens is 350 g/mol. The van der Waals surface area contributed by atoms with E-state index < -0.39 is 12.2 Å². The summed E-state index contributed by atoms with van der Waals surface area (Å²) < 4.78 is 4.53. The van der Waals surface area contributed by atoms with Crippen molar-refractivity contribution in [3.05, 3.63) is 0 Å². The highest BCUT2D eigenvalue weighted by atomic mass is 127. The fraction of sp³-hybridized carbons (Fsp3) is 1.00. The third kappa shape index (κ3) is 1.67. The Kier molecular flexibility index (Phi) is 2.96. The van der Waals surface area contributed by atoms with Crippen molar-refractivity contribution in [3.8, 4) is 0 Å². The summed E-state index contributed by atoms with van der Waals surface area (Å²) in [6, 6.07) is 0. The molecular formula is C4H6I2O3. The second-order valence-corrected chi connectivity index (χ2v) is 4.27. The van der Waals surface area contributed by atoms with E-state index in [2.05, 4.69) is 0 Å². The minimum atomic E-state index is -0.729. The van der Waals surface area contributed by atoms with Crippen molar-refractivity contribution in [2.75, 3.05) is 0 Å². The van der Waals surface area contributed by atoms with Crippen molar-refractivity contribution in [1.82, 2.24) is 0 Å². The van der Waals surface area contributed by atoms with Crippen LogP contribution in [0.25, 0.3) is 0 Å². The highest BCUT2D eigenvalue weighted by Crippen LogP contribution is 2.28. The van der Waals surface area contributed by atoms with Crippen LogP contribution < -0.4 is 0 Å². The SMILES string of the molecule is O[C@@H]1C(I)OC(I)[C@@H]1O. The van der Waals surface area contributed by atoms with Crippen molar-refractivity contribution >= 4 is 45.2 Å². The smallest absolute Gasteiger partial charge is 0.138 e. The Balaban J connectivity index is 2.54. The first kappa shape index (κ1) is 8.44. The summed E-state index contributed by atoms with van der Waals surface area (Å²) in [5.41, 5.74) is 0. The number of ether oxygens (including phenoxy) is 1. The maximum atomic E-state index is 9.05. The maximum Gasteiger partial charge on any atom is 0.138 e. The molecule has 2 N–H and O–H groups in total. The molecule has 0 amide bonds. The average molecular weight is 356 g/mol. The van der Waals surface area contributed by atoms with Crippen molar-refractivity contribution in [1.29, 1.82) is 0 Å². The standard InChI is InChI=1S/C4H6I2O3/c5-3-1(7)2(8)4(6)9-3/h1-4,7-8H/t1-,2+,3?,4?. The van der Waals surface area contributed by atoms with Gasteiger partial charge in [-0.25, -0.2) is 0 Å². The van der Waals surface area contributed by atoms with Crippen LogP contribution >= 0.6 is 45.2 Å². The molecule has 0 radical (unpaired) electrons. The molecule has 1 aliphatic heterocycles. The van der Waals surface area contributed by atoms with Gasteiger partial charge in [0.1, 0.15) is 20.4 Å². The van der Waals surface area contributed by atoms with Gasteiger partial charge in [0.15, 0.2) is 0 Å². The van der Waals surface area contributed by atoms with Gasteiger partial charge in [-0.15, -0.1) is 0 Å². The third-order valence-corrected chi connectivity index (χ3v) is 3.21. The van der Waals surface area contributed by atoms with Gasteiger partial charge in [-0.1, -0.05) is 0 Å². The number of aliphatic hydroxyl groups is 2. The van der Waals surface area contributed by atoms with Gasteiger partial charge in [0.05, 0.1) is 0 Å². The van der Waals surface area contributed by atoms with Crippen molar-refractivity contribution in [2.24, 2.45) is 0 Å². The van der Waals surface area contributed by atoms with Gasteiger partial charge in [0, 0.05) is 0 Å². The molecule has 0 aliphatic carbocycles. The van der Waals surface area contributed by atoms with E-state index in [1.54, 1.807) is 0 Å². The summed E-state index contributed by atoms with van der Waals surface area (Å²) in [4.78, 5) is 0. The van der Waals surface area contributed by atoms with E-state index in [-0.39, 0.29) is 8.22 Å². The van der Waals surface area contributed by atoms with Gasteiger partial charge >= 0.3 is 0 Å². The predicted molar refractivity (Wildman–Crippen MR) is 48.7 cm³/mol. The Morgan fingerprint density at radius 1 is 1.00 bits per heavy atom. The first-order valence-corrected chi connectivity index (χ1v) is 4.92. The molecule has 0 aromatic rings. The van der Waals surface area contributed by atoms with Crippen LogP contribution in [-0.2, 0) is 4.74 Å². The Morgan fingerprint density at radius 2 is 1.33 bits per heavy atom. The van der Waals surface area contributed by atoms with E-state index >= 15 is 0 Å². The summed E-state index contributed by atoms with van der Waals surface area (Å²) in [7, 11) is 0. The van der Waals surface area contributed by atoms with Gasteiger partial charge in [-0.05, 0) is 45.2 Å². The van der Waals surface area contributed by atoms with Crippen molar-refractivity contribution in [3.63, 3.8) is 0 Å². The number of aliphatic hydroxyl groups excluding tert-OH is 2. The zero-order chi connectivity index (χ0) is 7.02. The molecule has 0 saturated carbocycles. The second kappa shape index (κ2) is 3.16. The second-order valence-electron chi connectivity index (χ2n) is 1.82. The van der Waals surface area contributed by atoms with E-state index in [1.807, 2.05) is 45.2 Å². The highest BCUT2D eigenvalue weighted by Gasteiger charge is 2.39. The molecule has 5 heteroatoms. The van der Waals surface area contributed by atoms with Crippen LogP contribution in [0.2, 0.25) is 0 Å². The highest BCUT2D eigenvalue weighted by molar-refractivity contribution is 14.1. The minimum absolute atomic E-state index is 0.264. The lowest BCUT2D eigenvalue weighted by Gasteiger charge is -2.06. The van der Waals surface area contributed by atoms with Gasteiger partial charge < -0.3 is 14.9 Å². The van der Waals surface area contributed by atoms with Crippen LogP contribution in [0, 0.1) is 0 Å². The summed E-state index contributed by atoms with van der Waals surface area (Å²) in [6.45, 7) is 0. The van der Waals surface area contributed by atoms with E-state index in [9.17, 15) is 0 Å². The molecule has 1 aliphatic rings. The molecule has 9 heavy (non-hydrogen) atoms. The topological polar surface area (TPSA) is 49.7 Å². The van der Waals surface area contributed by atoms with Gasteiger partial charge in [0.25, 0.3) is 0 Å². The molecule has 3 nitrogen and oxygen atoms in total. The van der Waals surface area contributed by atoms with Gasteiger partial charge in [0.2, 0.25) is 0 Å². The average Bonchev–Trinajstić information content (AvgIpc) is 1.98. The van der Waals surface area contributed by atoms with Crippen LogP contribution in [0.1, 0.15) is 0 Å². The summed E-state index contributed by atoms with van der Waals surface area (Å²) in [5, 5.41) is 18.1. The lowest BCUT2D eigenvalue weighted by atomic mass is 10.3. The molecule has 1 fully saturated rings. The number of halogens is 2. The lowest BCUT2D eigenvalue weighted by molar-refractivity contribution is 0.0525. The normalized spacial score (nSPS) is 52.0. The first-order valence-electron chi connectivity index (χ1n) is 2.42. The van der Waals surface area contributed by atoms with Gasteiger partial charge in [-0.3, -0.25) is 0 Å². The monoisotopic (exact) mass is 356 g/mol. The Morgan fingerprint density at radius 3 is 1.44 bits per heavy atom. The van der Waals surface area contributed by atoms with Crippen LogP contribution in [0.4, 0.5) is 0 Å². The number of hydrogen-bond acceptors (Lipinski definition) is 3. The number of hydrogen-bond donors (Lipinski definition) is 2. The molecule has 2 unspecified atom stereocenters. The number of rotatable bonds is 0. The van der Waals surface area contributed by atoms with E-state index in [4.69, 9.17) is 14.9 Å². The Labute approximate surface area is 80.1 Å². The van der Waals surface area contributed by atoms with Gasteiger partial charge in [-0.2, -0.15) is 0 Å². The zero-order valence-corrected chi connectivity index (χ0v) is 8.68. The van der Waals surface area contributed by atoms with Crippen LogP contribution in [-0.4, -0.2) is 30.6 Å². The fourth-order valence-corrected chi connectivity index (χ4v) is 2.64. The quantitative estimate of drug-likeness (QED) is 0.484. The predicted octanol–water partition coefficient (Wildman–Crippen LogP) is 0.261. The Bertz CT molecular complexity index is 98.0. The summed E-state index contributed by atoms with van der Waals surface area (Å²) in [6.07, 6.45) is -1.46. The number of alkyl halides is 2. The molecule has 1 saturated heterocycles. The minimum Gasteiger partial charge on any atom is -0.387 e. The molecule has 54 valence electrons. The van der Waals surface area contributed by atoms with E-state index in [0.717, 1.165) is 0 Å². The summed E-state index contributed by atoms with van der Waals surface area (Å²) >= 11 is 3.90.